The van der Waals surface area contributed by atoms with Gasteiger partial charge in [0.1, 0.15) is 6.33 Å². The van der Waals surface area contributed by atoms with Gasteiger partial charge in [-0.15, -0.1) is 5.10 Å². The molecule has 104 valence electrons. The van der Waals surface area contributed by atoms with Crippen LogP contribution >= 0.6 is 0 Å². The van der Waals surface area contributed by atoms with E-state index in [1.807, 2.05) is 0 Å². The highest BCUT2D eigenvalue weighted by Gasteiger charge is 2.07. The van der Waals surface area contributed by atoms with Crippen molar-refractivity contribution in [3.63, 3.8) is 0 Å². The van der Waals surface area contributed by atoms with Crippen LogP contribution < -0.4 is 5.32 Å². The Morgan fingerprint density at radius 1 is 1.24 bits per heavy atom. The molecular formula is C13H9FN6O. The summed E-state index contributed by atoms with van der Waals surface area (Å²) in [6, 6.07) is 9.49. The number of carbonyl (C=O) groups is 1. The van der Waals surface area contributed by atoms with E-state index in [9.17, 15) is 9.18 Å². The smallest absolute Gasteiger partial charge is 0.257 e. The molecule has 2 aromatic heterocycles. The first-order valence-electron chi connectivity index (χ1n) is 5.99. The van der Waals surface area contributed by atoms with Crippen molar-refractivity contribution in [3.05, 3.63) is 60.4 Å². The molecule has 0 aliphatic heterocycles. The van der Waals surface area contributed by atoms with Gasteiger partial charge in [0, 0.05) is 11.9 Å². The van der Waals surface area contributed by atoms with Crippen LogP contribution in [0.15, 0.2) is 48.9 Å². The highest BCUT2D eigenvalue weighted by molar-refractivity contribution is 6.04. The third-order valence-corrected chi connectivity index (χ3v) is 2.71. The fourth-order valence-electron chi connectivity index (χ4n) is 1.72. The average Bonchev–Trinajstić information content (AvgIpc) is 3.02. The number of anilines is 1. The van der Waals surface area contributed by atoms with E-state index in [0.29, 0.717) is 11.4 Å². The van der Waals surface area contributed by atoms with E-state index in [2.05, 4.69) is 25.8 Å². The number of amides is 1. The van der Waals surface area contributed by atoms with Crippen molar-refractivity contribution < 1.29 is 9.18 Å². The first kappa shape index (κ1) is 12.9. The van der Waals surface area contributed by atoms with Gasteiger partial charge in [-0.05, 0) is 40.8 Å². The number of hydrogen-bond acceptors (Lipinski definition) is 5. The summed E-state index contributed by atoms with van der Waals surface area (Å²) in [5.74, 6) is -1.01. The van der Waals surface area contributed by atoms with Crippen molar-refractivity contribution in [3.8, 4) is 5.69 Å². The molecule has 0 saturated carbocycles. The van der Waals surface area contributed by atoms with Crippen LogP contribution in [0, 0.1) is 5.95 Å². The molecule has 21 heavy (non-hydrogen) atoms. The van der Waals surface area contributed by atoms with Gasteiger partial charge in [-0.3, -0.25) is 4.79 Å². The van der Waals surface area contributed by atoms with E-state index in [1.54, 1.807) is 24.3 Å². The van der Waals surface area contributed by atoms with Crippen molar-refractivity contribution in [2.45, 2.75) is 0 Å². The number of benzene rings is 1. The number of halogens is 1. The van der Waals surface area contributed by atoms with Crippen LogP contribution in [0.4, 0.5) is 10.1 Å². The molecule has 7 nitrogen and oxygen atoms in total. The zero-order valence-electron chi connectivity index (χ0n) is 10.6. The lowest BCUT2D eigenvalue weighted by atomic mass is 10.2. The molecule has 8 heteroatoms. The van der Waals surface area contributed by atoms with Gasteiger partial charge in [0.05, 0.1) is 11.3 Å². The number of hydrogen-bond donors (Lipinski definition) is 1. The Labute approximate surface area is 118 Å². The third kappa shape index (κ3) is 2.89. The van der Waals surface area contributed by atoms with Gasteiger partial charge in [-0.1, -0.05) is 6.07 Å². The van der Waals surface area contributed by atoms with Crippen molar-refractivity contribution >= 4 is 11.6 Å². The Hall–Kier alpha value is -3.16. The highest BCUT2D eigenvalue weighted by Crippen LogP contribution is 2.14. The number of nitrogens with one attached hydrogen (secondary N) is 1. The molecule has 0 aliphatic rings. The summed E-state index contributed by atoms with van der Waals surface area (Å²) in [6.45, 7) is 0. The molecule has 3 rings (SSSR count). The van der Waals surface area contributed by atoms with Crippen molar-refractivity contribution in [2.24, 2.45) is 0 Å². The normalized spacial score (nSPS) is 10.3. The van der Waals surface area contributed by atoms with Crippen LogP contribution in [0.2, 0.25) is 0 Å². The minimum absolute atomic E-state index is 0.268. The predicted molar refractivity (Wildman–Crippen MR) is 71.3 cm³/mol. The number of aromatic nitrogens is 5. The number of rotatable bonds is 3. The van der Waals surface area contributed by atoms with Gasteiger partial charge in [0.2, 0.25) is 5.95 Å². The molecule has 3 aromatic rings. The molecule has 0 bridgehead atoms. The second kappa shape index (κ2) is 5.45. The topological polar surface area (TPSA) is 85.6 Å². The molecule has 1 N–H and O–H groups in total. The van der Waals surface area contributed by atoms with Crippen molar-refractivity contribution in [1.29, 1.82) is 0 Å². The molecular weight excluding hydrogens is 275 g/mol. The predicted octanol–water partition coefficient (Wildman–Crippen LogP) is 1.45. The van der Waals surface area contributed by atoms with E-state index in [1.165, 1.54) is 23.3 Å². The number of nitrogens with zero attached hydrogens (tertiary/aromatic N) is 5. The molecule has 0 atom stereocenters. The van der Waals surface area contributed by atoms with E-state index >= 15 is 0 Å². The van der Waals surface area contributed by atoms with E-state index < -0.39 is 5.95 Å². The lowest BCUT2D eigenvalue weighted by Crippen LogP contribution is -2.12. The zero-order chi connectivity index (χ0) is 14.7. The first-order chi connectivity index (χ1) is 10.2. The summed E-state index contributed by atoms with van der Waals surface area (Å²) in [4.78, 5) is 15.4. The second-order valence-corrected chi connectivity index (χ2v) is 4.13. The maximum atomic E-state index is 12.7. The molecule has 0 saturated heterocycles. The van der Waals surface area contributed by atoms with Crippen LogP contribution in [-0.2, 0) is 0 Å². The first-order valence-corrected chi connectivity index (χ1v) is 5.99. The maximum absolute atomic E-state index is 12.7. The molecule has 1 aromatic carbocycles. The summed E-state index contributed by atoms with van der Waals surface area (Å²) < 4.78 is 14.2. The van der Waals surface area contributed by atoms with Gasteiger partial charge in [-0.2, -0.15) is 4.39 Å². The SMILES string of the molecule is O=C(Nc1cccc(-n2cnnn2)c1)c1ccc(F)nc1. The summed E-state index contributed by atoms with van der Waals surface area (Å²) in [5.41, 5.74) is 1.54. The largest absolute Gasteiger partial charge is 0.322 e. The minimum atomic E-state index is -0.632. The summed E-state index contributed by atoms with van der Waals surface area (Å²) in [7, 11) is 0. The number of pyridine rings is 1. The van der Waals surface area contributed by atoms with Crippen LogP contribution in [-0.4, -0.2) is 31.1 Å². The second-order valence-electron chi connectivity index (χ2n) is 4.13. The monoisotopic (exact) mass is 284 g/mol. The molecule has 1 amide bonds. The fraction of sp³-hybridized carbons (Fsp3) is 0. The number of carbonyl (C=O) groups excluding carboxylic acids is 1. The van der Waals surface area contributed by atoms with E-state index in [4.69, 9.17) is 0 Å². The van der Waals surface area contributed by atoms with Crippen molar-refractivity contribution in [2.75, 3.05) is 5.32 Å². The summed E-state index contributed by atoms with van der Waals surface area (Å²) in [5, 5.41) is 13.6. The standard InChI is InChI=1S/C13H9FN6O/c14-12-5-4-9(7-15-12)13(21)17-10-2-1-3-11(6-10)20-8-16-18-19-20/h1-8H,(H,17,21). The zero-order valence-corrected chi connectivity index (χ0v) is 10.6. The molecule has 0 spiro atoms. The Balaban J connectivity index is 1.80. The third-order valence-electron chi connectivity index (χ3n) is 2.71. The van der Waals surface area contributed by atoms with Crippen molar-refractivity contribution in [1.82, 2.24) is 25.2 Å². The minimum Gasteiger partial charge on any atom is -0.322 e. The van der Waals surface area contributed by atoms with E-state index in [-0.39, 0.29) is 11.5 Å². The quantitative estimate of drug-likeness (QED) is 0.736. The van der Waals surface area contributed by atoms with Gasteiger partial charge in [0.15, 0.2) is 0 Å². The Morgan fingerprint density at radius 3 is 2.86 bits per heavy atom. The summed E-state index contributed by atoms with van der Waals surface area (Å²) in [6.07, 6.45) is 2.63. The maximum Gasteiger partial charge on any atom is 0.257 e. The number of tetrazole rings is 1. The fourth-order valence-corrected chi connectivity index (χ4v) is 1.72. The van der Waals surface area contributed by atoms with Crippen LogP contribution in [0.3, 0.4) is 0 Å². The van der Waals surface area contributed by atoms with Crippen LogP contribution in [0.1, 0.15) is 10.4 Å². The Bertz CT molecular complexity index is 757. The van der Waals surface area contributed by atoms with Crippen LogP contribution in [0.25, 0.3) is 5.69 Å². The lowest BCUT2D eigenvalue weighted by Gasteiger charge is -2.06. The van der Waals surface area contributed by atoms with Gasteiger partial charge in [0.25, 0.3) is 5.91 Å². The molecule has 0 fully saturated rings. The lowest BCUT2D eigenvalue weighted by molar-refractivity contribution is 0.102. The van der Waals surface area contributed by atoms with E-state index in [0.717, 1.165) is 6.07 Å². The molecule has 2 heterocycles. The van der Waals surface area contributed by atoms with Gasteiger partial charge in [-0.25, -0.2) is 9.67 Å². The van der Waals surface area contributed by atoms with Gasteiger partial charge < -0.3 is 5.32 Å². The summed E-state index contributed by atoms with van der Waals surface area (Å²) >= 11 is 0. The molecule has 0 radical (unpaired) electrons. The Kier molecular flexibility index (Phi) is 3.34. The molecule has 0 aliphatic carbocycles. The highest BCUT2D eigenvalue weighted by atomic mass is 19.1. The van der Waals surface area contributed by atoms with Crippen LogP contribution in [0.5, 0.6) is 0 Å². The van der Waals surface area contributed by atoms with Gasteiger partial charge >= 0.3 is 0 Å². The molecule has 0 unspecified atom stereocenters. The average molecular weight is 284 g/mol. The Morgan fingerprint density at radius 2 is 2.14 bits per heavy atom.